The van der Waals surface area contributed by atoms with Crippen LogP contribution in [0.2, 0.25) is 13.1 Å². The number of hydrogen-bond donors (Lipinski definition) is 0. The Kier molecular flexibility index (Phi) is 1.57. The van der Waals surface area contributed by atoms with Crippen molar-refractivity contribution in [3.8, 4) is 0 Å². The Bertz CT molecular complexity index is 766. The summed E-state index contributed by atoms with van der Waals surface area (Å²) in [5.41, 5.74) is 6.30. The monoisotopic (exact) mass is 234 g/mol. The Hall–Kier alpha value is -1.56. The second-order valence-corrected chi connectivity index (χ2v) is 9.89. The van der Waals surface area contributed by atoms with Crippen LogP contribution in [-0.4, -0.2) is 8.07 Å². The van der Waals surface area contributed by atoms with Gasteiger partial charge in [0.15, 0.2) is 0 Å². The fourth-order valence-electron chi connectivity index (χ4n) is 3.08. The molecule has 0 N–H and O–H groups in total. The first-order chi connectivity index (χ1) is 8.18. The number of fused-ring (bicyclic) bond motifs is 3. The molecule has 17 heavy (non-hydrogen) atoms. The Morgan fingerprint density at radius 2 is 1.82 bits per heavy atom. The van der Waals surface area contributed by atoms with Crippen molar-refractivity contribution < 1.29 is 0 Å². The first kappa shape index (κ1) is 9.47. The average Bonchev–Trinajstić information content (AvgIpc) is 3.06. The van der Waals surface area contributed by atoms with E-state index in [0.29, 0.717) is 0 Å². The summed E-state index contributed by atoms with van der Waals surface area (Å²) in [6.07, 6.45) is 10.3. The molecule has 1 aromatic rings. The zero-order valence-electron chi connectivity index (χ0n) is 10.2. The van der Waals surface area contributed by atoms with Crippen LogP contribution in [0.3, 0.4) is 0 Å². The summed E-state index contributed by atoms with van der Waals surface area (Å²) < 4.78 is 0. The highest BCUT2D eigenvalue weighted by molar-refractivity contribution is 6.99. The lowest BCUT2D eigenvalue weighted by atomic mass is 10.1. The lowest BCUT2D eigenvalue weighted by Crippen LogP contribution is -2.43. The molecule has 0 unspecified atom stereocenters. The van der Waals surface area contributed by atoms with Crippen molar-refractivity contribution in [1.82, 2.24) is 0 Å². The third-order valence-electron chi connectivity index (χ3n) is 4.13. The van der Waals surface area contributed by atoms with Gasteiger partial charge in [-0.1, -0.05) is 37.4 Å². The highest BCUT2D eigenvalue weighted by atomic mass is 28.3. The lowest BCUT2D eigenvalue weighted by Gasteiger charge is -2.19. The van der Waals surface area contributed by atoms with Gasteiger partial charge in [-0.05, 0) is 40.1 Å². The molecule has 0 fully saturated rings. The van der Waals surface area contributed by atoms with Gasteiger partial charge in [0.25, 0.3) is 0 Å². The summed E-state index contributed by atoms with van der Waals surface area (Å²) in [6.45, 7) is 4.93. The fourth-order valence-corrected chi connectivity index (χ4v) is 6.18. The van der Waals surface area contributed by atoms with Crippen molar-refractivity contribution in [3.05, 3.63) is 57.6 Å². The molecule has 0 spiro atoms. The lowest BCUT2D eigenvalue weighted by molar-refractivity contribution is 1.40. The van der Waals surface area contributed by atoms with Gasteiger partial charge in [-0.15, -0.1) is 5.73 Å². The van der Waals surface area contributed by atoms with Crippen molar-refractivity contribution in [2.24, 2.45) is 0 Å². The maximum Gasteiger partial charge on any atom is 0.113 e. The molecule has 0 saturated carbocycles. The summed E-state index contributed by atoms with van der Waals surface area (Å²) >= 11 is 0. The minimum atomic E-state index is -1.45. The Labute approximate surface area is 102 Å². The summed E-state index contributed by atoms with van der Waals surface area (Å²) in [6, 6.07) is 4.72. The Morgan fingerprint density at radius 1 is 1.06 bits per heavy atom. The molecular weight excluding hydrogens is 220 g/mol. The van der Waals surface area contributed by atoms with Crippen LogP contribution in [0, 0.1) is 0 Å². The zero-order valence-corrected chi connectivity index (χ0v) is 11.2. The maximum atomic E-state index is 3.35. The van der Waals surface area contributed by atoms with Gasteiger partial charge in [0.2, 0.25) is 0 Å². The van der Waals surface area contributed by atoms with Gasteiger partial charge in [-0.2, -0.15) is 0 Å². The largest absolute Gasteiger partial charge is 0.113 e. The van der Waals surface area contributed by atoms with Crippen LogP contribution >= 0.6 is 0 Å². The molecule has 0 amide bonds. The van der Waals surface area contributed by atoms with Crippen molar-refractivity contribution in [2.45, 2.75) is 19.5 Å². The first-order valence-electron chi connectivity index (χ1n) is 6.22. The first-order valence-corrected chi connectivity index (χ1v) is 9.22. The van der Waals surface area contributed by atoms with Gasteiger partial charge < -0.3 is 0 Å². The predicted molar refractivity (Wildman–Crippen MR) is 75.1 cm³/mol. The van der Waals surface area contributed by atoms with Crippen LogP contribution in [0.4, 0.5) is 0 Å². The molecule has 82 valence electrons. The molecule has 1 heterocycles. The number of allylic oxidation sites excluding steroid dienone is 6. The maximum absolute atomic E-state index is 3.35. The van der Waals surface area contributed by atoms with Crippen molar-refractivity contribution in [1.29, 1.82) is 0 Å². The van der Waals surface area contributed by atoms with Crippen molar-refractivity contribution in [2.75, 3.05) is 0 Å². The SMILES string of the molecule is C[Si]1(C)C2=C(C=CCC=C2)c2cc3c(cc21)=C=3. The van der Waals surface area contributed by atoms with E-state index < -0.39 is 8.07 Å². The number of rotatable bonds is 0. The molecule has 0 nitrogen and oxygen atoms in total. The van der Waals surface area contributed by atoms with Gasteiger partial charge in [0, 0.05) is 10.4 Å². The van der Waals surface area contributed by atoms with Gasteiger partial charge >= 0.3 is 0 Å². The van der Waals surface area contributed by atoms with Crippen LogP contribution in [0.25, 0.3) is 11.3 Å². The average molecular weight is 234 g/mol. The van der Waals surface area contributed by atoms with E-state index in [1.165, 1.54) is 21.6 Å². The van der Waals surface area contributed by atoms with Gasteiger partial charge in [-0.25, -0.2) is 0 Å². The highest BCUT2D eigenvalue weighted by Crippen LogP contribution is 2.35. The van der Waals surface area contributed by atoms with E-state index >= 15 is 0 Å². The highest BCUT2D eigenvalue weighted by Gasteiger charge is 2.38. The van der Waals surface area contributed by atoms with E-state index in [1.54, 1.807) is 10.4 Å². The normalized spacial score (nSPS) is 21.1. The van der Waals surface area contributed by atoms with E-state index in [0.717, 1.165) is 6.42 Å². The molecule has 0 aromatic heterocycles. The zero-order chi connectivity index (χ0) is 11.6. The second-order valence-electron chi connectivity index (χ2n) is 5.56. The molecule has 0 radical (unpaired) electrons. The molecule has 0 bridgehead atoms. The summed E-state index contributed by atoms with van der Waals surface area (Å²) in [5, 5.41) is 5.87. The van der Waals surface area contributed by atoms with Crippen molar-refractivity contribution >= 4 is 24.6 Å². The Balaban J connectivity index is 2.09. The summed E-state index contributed by atoms with van der Waals surface area (Å²) in [4.78, 5) is 0. The molecule has 1 aromatic carbocycles. The van der Waals surface area contributed by atoms with Crippen LogP contribution in [-0.2, 0) is 0 Å². The fraction of sp³-hybridized carbons (Fsp3) is 0.188. The van der Waals surface area contributed by atoms with E-state index in [-0.39, 0.29) is 0 Å². The topological polar surface area (TPSA) is 0 Å². The quantitative estimate of drug-likeness (QED) is 0.606. The van der Waals surface area contributed by atoms with E-state index in [2.05, 4.69) is 55.3 Å². The van der Waals surface area contributed by atoms with Crippen LogP contribution < -0.4 is 15.6 Å². The molecule has 1 heteroatoms. The van der Waals surface area contributed by atoms with Crippen molar-refractivity contribution in [3.63, 3.8) is 0 Å². The van der Waals surface area contributed by atoms with Crippen LogP contribution in [0.1, 0.15) is 12.0 Å². The molecule has 1 aliphatic heterocycles. The molecule has 0 saturated heterocycles. The van der Waals surface area contributed by atoms with Crippen LogP contribution in [0.15, 0.2) is 41.6 Å². The third kappa shape index (κ3) is 1.13. The second kappa shape index (κ2) is 2.81. The molecule has 3 aliphatic rings. The van der Waals surface area contributed by atoms with Crippen LogP contribution in [0.5, 0.6) is 0 Å². The van der Waals surface area contributed by atoms with E-state index in [1.807, 2.05) is 0 Å². The number of benzene rings is 1. The standard InChI is InChI=1S/C16H14Si/c1-17(2)15-7-5-3-4-6-13(15)14-9-11-8-12(11)10-16(14)17/h4-7,9-10H,3H2,1-2H3. The smallest absolute Gasteiger partial charge is 0.102 e. The molecular formula is C16H14Si. The van der Waals surface area contributed by atoms with Gasteiger partial charge in [0.1, 0.15) is 8.07 Å². The third-order valence-corrected chi connectivity index (χ3v) is 7.68. The minimum Gasteiger partial charge on any atom is -0.102 e. The van der Waals surface area contributed by atoms with Gasteiger partial charge in [0.05, 0.1) is 0 Å². The minimum absolute atomic E-state index is 1.07. The molecule has 2 aliphatic carbocycles. The molecule has 0 atom stereocenters. The van der Waals surface area contributed by atoms with E-state index in [4.69, 9.17) is 0 Å². The summed E-state index contributed by atoms with van der Waals surface area (Å²) in [7, 11) is -1.45. The summed E-state index contributed by atoms with van der Waals surface area (Å²) in [5.74, 6) is 0. The van der Waals surface area contributed by atoms with E-state index in [9.17, 15) is 0 Å². The Morgan fingerprint density at radius 3 is 2.71 bits per heavy atom. The molecule has 4 rings (SSSR count). The predicted octanol–water partition coefficient (Wildman–Crippen LogP) is 1.49. The number of hydrogen-bond acceptors (Lipinski definition) is 0. The van der Waals surface area contributed by atoms with Gasteiger partial charge in [-0.3, -0.25) is 0 Å².